The number of carboxylic acid groups (broad SMARTS) is 2. The Labute approximate surface area is 131 Å². The van der Waals surface area contributed by atoms with E-state index >= 15 is 0 Å². The molecule has 0 saturated heterocycles. The molecule has 0 spiro atoms. The molecule has 0 bridgehead atoms. The van der Waals surface area contributed by atoms with E-state index in [9.17, 15) is 14.4 Å². The third kappa shape index (κ3) is 4.31. The van der Waals surface area contributed by atoms with Crippen molar-refractivity contribution in [1.29, 1.82) is 0 Å². The van der Waals surface area contributed by atoms with Crippen molar-refractivity contribution in [1.82, 2.24) is 0 Å². The summed E-state index contributed by atoms with van der Waals surface area (Å²) in [6, 6.07) is 0. The number of Topliss-reactive ketones (excluding diaryl/α,β-unsaturated/α-hetero) is 1. The number of hydrogen-bond acceptors (Lipinski definition) is 3. The summed E-state index contributed by atoms with van der Waals surface area (Å²) < 4.78 is 0. The molecule has 0 aromatic carbocycles. The molecular formula is C17H26O5. The highest BCUT2D eigenvalue weighted by atomic mass is 16.4. The Hall–Kier alpha value is -1.39. The standard InChI is InChI=1S/C17H26O5/c18-13(5-1-3-7-16(9-10-16)14(19)20)6-2-4-8-17(11-12-17)15(21)22/h1-12H2,(H,19,20)(H,21,22). The lowest BCUT2D eigenvalue weighted by Crippen LogP contribution is -2.14. The minimum Gasteiger partial charge on any atom is -0.481 e. The van der Waals surface area contributed by atoms with Gasteiger partial charge >= 0.3 is 11.9 Å². The molecule has 0 unspecified atom stereocenters. The van der Waals surface area contributed by atoms with Crippen molar-refractivity contribution >= 4 is 17.7 Å². The van der Waals surface area contributed by atoms with Gasteiger partial charge in [0.1, 0.15) is 5.78 Å². The number of rotatable bonds is 12. The van der Waals surface area contributed by atoms with Crippen molar-refractivity contribution in [3.63, 3.8) is 0 Å². The Kier molecular flexibility index (Phi) is 5.24. The van der Waals surface area contributed by atoms with Gasteiger partial charge in [0.25, 0.3) is 0 Å². The number of ketones is 1. The fourth-order valence-corrected chi connectivity index (χ4v) is 3.14. The van der Waals surface area contributed by atoms with E-state index < -0.39 is 22.8 Å². The molecule has 2 saturated carbocycles. The van der Waals surface area contributed by atoms with Crippen molar-refractivity contribution < 1.29 is 24.6 Å². The van der Waals surface area contributed by atoms with Gasteiger partial charge in [-0.1, -0.05) is 12.8 Å². The van der Waals surface area contributed by atoms with E-state index in [4.69, 9.17) is 10.2 Å². The molecule has 0 aromatic heterocycles. The van der Waals surface area contributed by atoms with Gasteiger partial charge in [0, 0.05) is 12.8 Å². The van der Waals surface area contributed by atoms with E-state index in [1.54, 1.807) is 0 Å². The lowest BCUT2D eigenvalue weighted by molar-refractivity contribution is -0.144. The third-order valence-corrected chi connectivity index (χ3v) is 5.34. The molecule has 0 heterocycles. The van der Waals surface area contributed by atoms with E-state index in [2.05, 4.69) is 0 Å². The zero-order chi connectivity index (χ0) is 16.2. The van der Waals surface area contributed by atoms with Crippen LogP contribution in [-0.2, 0) is 14.4 Å². The van der Waals surface area contributed by atoms with Gasteiger partial charge in [-0.25, -0.2) is 0 Å². The van der Waals surface area contributed by atoms with Crippen LogP contribution in [0.1, 0.15) is 77.0 Å². The van der Waals surface area contributed by atoms with E-state index in [1.165, 1.54) is 0 Å². The molecule has 2 rings (SSSR count). The number of carbonyl (C=O) groups is 3. The Balaban J connectivity index is 1.48. The number of hydrogen-bond donors (Lipinski definition) is 2. The maximum atomic E-state index is 11.8. The molecule has 2 fully saturated rings. The Morgan fingerprint density at radius 1 is 0.682 bits per heavy atom. The summed E-state index contributed by atoms with van der Waals surface area (Å²) in [4.78, 5) is 33.8. The van der Waals surface area contributed by atoms with Crippen LogP contribution in [0.15, 0.2) is 0 Å². The second-order valence-corrected chi connectivity index (χ2v) is 7.12. The second-order valence-electron chi connectivity index (χ2n) is 7.12. The molecular weight excluding hydrogens is 284 g/mol. The first kappa shape index (κ1) is 17.0. The van der Waals surface area contributed by atoms with Crippen LogP contribution in [0.2, 0.25) is 0 Å². The van der Waals surface area contributed by atoms with Crippen molar-refractivity contribution in [3.05, 3.63) is 0 Å². The Morgan fingerprint density at radius 2 is 1.05 bits per heavy atom. The number of unbranched alkanes of at least 4 members (excludes halogenated alkanes) is 2. The van der Waals surface area contributed by atoms with Crippen molar-refractivity contribution in [2.45, 2.75) is 77.0 Å². The summed E-state index contributed by atoms with van der Waals surface area (Å²) in [7, 11) is 0. The number of carbonyl (C=O) groups excluding carboxylic acids is 1. The molecule has 22 heavy (non-hydrogen) atoms. The highest BCUT2D eigenvalue weighted by Gasteiger charge is 2.49. The average Bonchev–Trinajstić information content (AvgIpc) is 3.35. The first-order valence-corrected chi connectivity index (χ1v) is 8.39. The maximum Gasteiger partial charge on any atom is 0.309 e. The van der Waals surface area contributed by atoms with Gasteiger partial charge in [0.05, 0.1) is 10.8 Å². The van der Waals surface area contributed by atoms with Crippen LogP contribution in [0.5, 0.6) is 0 Å². The molecule has 5 heteroatoms. The lowest BCUT2D eigenvalue weighted by Gasteiger charge is -2.09. The summed E-state index contributed by atoms with van der Waals surface area (Å²) >= 11 is 0. The highest BCUT2D eigenvalue weighted by molar-refractivity contribution is 5.79. The molecule has 2 aliphatic rings. The minimum absolute atomic E-state index is 0.223. The molecule has 0 aromatic rings. The summed E-state index contributed by atoms with van der Waals surface area (Å²) in [5, 5.41) is 18.1. The van der Waals surface area contributed by atoms with Gasteiger partial charge in [-0.05, 0) is 51.4 Å². The maximum absolute atomic E-state index is 11.8. The van der Waals surface area contributed by atoms with Gasteiger partial charge in [-0.3, -0.25) is 14.4 Å². The monoisotopic (exact) mass is 310 g/mol. The lowest BCUT2D eigenvalue weighted by atomic mass is 9.96. The van der Waals surface area contributed by atoms with E-state index in [0.717, 1.165) is 51.4 Å². The van der Waals surface area contributed by atoms with E-state index in [1.807, 2.05) is 0 Å². The predicted octanol–water partition coefficient (Wildman–Crippen LogP) is 3.41. The van der Waals surface area contributed by atoms with Gasteiger partial charge in [-0.2, -0.15) is 0 Å². The van der Waals surface area contributed by atoms with Crippen LogP contribution in [0.4, 0.5) is 0 Å². The normalized spacial score (nSPS) is 20.4. The van der Waals surface area contributed by atoms with Crippen molar-refractivity contribution in [3.8, 4) is 0 Å². The van der Waals surface area contributed by atoms with Crippen LogP contribution in [0.3, 0.4) is 0 Å². The summed E-state index contributed by atoms with van der Waals surface area (Å²) in [5.41, 5.74) is -0.947. The highest BCUT2D eigenvalue weighted by Crippen LogP contribution is 2.50. The molecule has 5 nitrogen and oxygen atoms in total. The van der Waals surface area contributed by atoms with Crippen molar-refractivity contribution in [2.75, 3.05) is 0 Å². The molecule has 0 radical (unpaired) electrons. The fraction of sp³-hybridized carbons (Fsp3) is 0.824. The molecule has 2 aliphatic carbocycles. The summed E-state index contributed by atoms with van der Waals surface area (Å²) in [5.74, 6) is -1.15. The molecule has 0 atom stereocenters. The molecule has 124 valence electrons. The minimum atomic E-state index is -0.689. The zero-order valence-corrected chi connectivity index (χ0v) is 13.1. The van der Waals surface area contributed by atoms with E-state index in [-0.39, 0.29) is 5.78 Å². The predicted molar refractivity (Wildman–Crippen MR) is 80.5 cm³/mol. The van der Waals surface area contributed by atoms with Crippen LogP contribution < -0.4 is 0 Å². The Bertz CT molecular complexity index is 406. The number of aliphatic carboxylic acids is 2. The van der Waals surface area contributed by atoms with Gasteiger partial charge < -0.3 is 10.2 Å². The summed E-state index contributed by atoms with van der Waals surface area (Å²) in [6.45, 7) is 0. The zero-order valence-electron chi connectivity index (χ0n) is 13.1. The van der Waals surface area contributed by atoms with Crippen molar-refractivity contribution in [2.24, 2.45) is 10.8 Å². The third-order valence-electron chi connectivity index (χ3n) is 5.34. The SMILES string of the molecule is O=C(CCCCC1(C(=O)O)CC1)CCCCC1(C(=O)O)CC1. The second kappa shape index (κ2) is 6.80. The largest absolute Gasteiger partial charge is 0.481 e. The van der Waals surface area contributed by atoms with E-state index in [0.29, 0.717) is 25.7 Å². The van der Waals surface area contributed by atoms with Gasteiger partial charge in [0.15, 0.2) is 0 Å². The van der Waals surface area contributed by atoms with Crippen LogP contribution in [0.25, 0.3) is 0 Å². The van der Waals surface area contributed by atoms with Crippen LogP contribution in [0, 0.1) is 10.8 Å². The number of carboxylic acids is 2. The fourth-order valence-electron chi connectivity index (χ4n) is 3.14. The first-order valence-electron chi connectivity index (χ1n) is 8.39. The summed E-state index contributed by atoms with van der Waals surface area (Å²) in [6.07, 6.45) is 8.71. The van der Waals surface area contributed by atoms with Crippen LogP contribution in [-0.4, -0.2) is 27.9 Å². The quantitative estimate of drug-likeness (QED) is 0.539. The average molecular weight is 310 g/mol. The molecule has 0 amide bonds. The van der Waals surface area contributed by atoms with Crippen LogP contribution >= 0.6 is 0 Å². The first-order chi connectivity index (χ1) is 10.4. The van der Waals surface area contributed by atoms with Gasteiger partial charge in [0.2, 0.25) is 0 Å². The smallest absolute Gasteiger partial charge is 0.309 e. The van der Waals surface area contributed by atoms with Gasteiger partial charge in [-0.15, -0.1) is 0 Å². The Morgan fingerprint density at radius 3 is 1.32 bits per heavy atom. The molecule has 0 aliphatic heterocycles. The topological polar surface area (TPSA) is 91.7 Å². The molecule has 2 N–H and O–H groups in total.